The van der Waals surface area contributed by atoms with E-state index >= 15 is 0 Å². The Morgan fingerprint density at radius 2 is 1.76 bits per heavy atom. The highest BCUT2D eigenvalue weighted by Gasteiger charge is 2.22. The van der Waals surface area contributed by atoms with Gasteiger partial charge >= 0.3 is 6.03 Å². The van der Waals surface area contributed by atoms with E-state index in [2.05, 4.69) is 25.8 Å². The van der Waals surface area contributed by atoms with Crippen LogP contribution in [0.2, 0.25) is 0 Å². The maximum atomic E-state index is 13.4. The molecule has 0 unspecified atom stereocenters. The Bertz CT molecular complexity index is 1180. The number of rotatable bonds is 7. The smallest absolute Gasteiger partial charge is 0.319 e. The summed E-state index contributed by atoms with van der Waals surface area (Å²) in [5.41, 5.74) is 2.18. The fourth-order valence-corrected chi connectivity index (χ4v) is 5.20. The molecule has 4 rings (SSSR count). The van der Waals surface area contributed by atoms with Gasteiger partial charge in [-0.25, -0.2) is 13.2 Å². The van der Waals surface area contributed by atoms with Crippen molar-refractivity contribution in [1.82, 2.24) is 20.5 Å². The van der Waals surface area contributed by atoms with Crippen LogP contribution in [-0.4, -0.2) is 50.5 Å². The SMILES string of the molecule is O=C(NCc1cccnc1)Nc1ccc(S(=O)(=O)c2ccccc2CN2CCNCC2)cc1. The van der Waals surface area contributed by atoms with E-state index in [9.17, 15) is 13.2 Å². The fraction of sp³-hybridized carbons (Fsp3) is 0.250. The Morgan fingerprint density at radius 1 is 1.00 bits per heavy atom. The lowest BCUT2D eigenvalue weighted by Crippen LogP contribution is -2.43. The van der Waals surface area contributed by atoms with Crippen molar-refractivity contribution in [2.75, 3.05) is 31.5 Å². The summed E-state index contributed by atoms with van der Waals surface area (Å²) in [6.45, 7) is 4.51. The molecule has 2 amide bonds. The van der Waals surface area contributed by atoms with Gasteiger partial charge in [-0.15, -0.1) is 0 Å². The average Bonchev–Trinajstić information content (AvgIpc) is 2.85. The van der Waals surface area contributed by atoms with Gasteiger partial charge in [0.2, 0.25) is 9.84 Å². The molecular weight excluding hydrogens is 438 g/mol. The summed E-state index contributed by atoms with van der Waals surface area (Å²) in [6, 6.07) is 16.7. The number of aromatic nitrogens is 1. The average molecular weight is 466 g/mol. The zero-order valence-corrected chi connectivity index (χ0v) is 19.0. The number of hydrogen-bond donors (Lipinski definition) is 3. The van der Waals surface area contributed by atoms with Crippen LogP contribution in [0.25, 0.3) is 0 Å². The highest BCUT2D eigenvalue weighted by atomic mass is 32.2. The Morgan fingerprint density at radius 3 is 2.48 bits per heavy atom. The van der Waals surface area contributed by atoms with E-state index in [1.54, 1.807) is 42.7 Å². The molecule has 0 aliphatic carbocycles. The predicted molar refractivity (Wildman–Crippen MR) is 127 cm³/mol. The summed E-state index contributed by atoms with van der Waals surface area (Å²) in [6.07, 6.45) is 3.35. The van der Waals surface area contributed by atoms with Crippen molar-refractivity contribution in [2.24, 2.45) is 0 Å². The van der Waals surface area contributed by atoms with Gasteiger partial charge in [-0.3, -0.25) is 9.88 Å². The minimum atomic E-state index is -3.69. The normalized spacial score (nSPS) is 14.5. The summed E-state index contributed by atoms with van der Waals surface area (Å²) < 4.78 is 26.7. The summed E-state index contributed by atoms with van der Waals surface area (Å²) in [7, 11) is -3.69. The first-order valence-corrected chi connectivity index (χ1v) is 12.3. The van der Waals surface area contributed by atoms with E-state index in [1.807, 2.05) is 18.2 Å². The summed E-state index contributed by atoms with van der Waals surface area (Å²) in [5.74, 6) is 0. The quantitative estimate of drug-likeness (QED) is 0.496. The first-order valence-electron chi connectivity index (χ1n) is 10.8. The number of pyridine rings is 1. The van der Waals surface area contributed by atoms with E-state index in [-0.39, 0.29) is 10.9 Å². The van der Waals surface area contributed by atoms with Crippen LogP contribution in [0.15, 0.2) is 82.8 Å². The number of carbonyl (C=O) groups is 1. The number of nitrogens with one attached hydrogen (secondary N) is 3. The molecule has 3 aromatic rings. The number of amides is 2. The summed E-state index contributed by atoms with van der Waals surface area (Å²) >= 11 is 0. The number of benzene rings is 2. The van der Waals surface area contributed by atoms with Crippen LogP contribution < -0.4 is 16.0 Å². The summed E-state index contributed by atoms with van der Waals surface area (Å²) in [5, 5.41) is 8.77. The van der Waals surface area contributed by atoms with Gasteiger partial charge < -0.3 is 16.0 Å². The number of hydrogen-bond acceptors (Lipinski definition) is 6. The first-order chi connectivity index (χ1) is 16.0. The zero-order chi connectivity index (χ0) is 23.1. The predicted octanol–water partition coefficient (Wildman–Crippen LogP) is 2.64. The highest BCUT2D eigenvalue weighted by Crippen LogP contribution is 2.26. The fourth-order valence-electron chi connectivity index (χ4n) is 3.71. The third-order valence-electron chi connectivity index (χ3n) is 5.46. The Hall–Kier alpha value is -3.27. The number of urea groups is 1. The van der Waals surface area contributed by atoms with Crippen LogP contribution in [0.3, 0.4) is 0 Å². The van der Waals surface area contributed by atoms with Gasteiger partial charge in [0.15, 0.2) is 0 Å². The minimum Gasteiger partial charge on any atom is -0.334 e. The van der Waals surface area contributed by atoms with Crippen LogP contribution in [0.4, 0.5) is 10.5 Å². The van der Waals surface area contributed by atoms with E-state index in [4.69, 9.17) is 0 Å². The number of anilines is 1. The van der Waals surface area contributed by atoms with Crippen LogP contribution in [0.5, 0.6) is 0 Å². The van der Waals surface area contributed by atoms with Gasteiger partial charge in [-0.1, -0.05) is 24.3 Å². The molecule has 8 nitrogen and oxygen atoms in total. The van der Waals surface area contributed by atoms with E-state index in [0.717, 1.165) is 37.3 Å². The first kappa shape index (κ1) is 22.9. The molecule has 3 N–H and O–H groups in total. The molecule has 172 valence electrons. The van der Waals surface area contributed by atoms with Crippen LogP contribution >= 0.6 is 0 Å². The van der Waals surface area contributed by atoms with Gasteiger partial charge in [0.25, 0.3) is 0 Å². The third-order valence-corrected chi connectivity index (χ3v) is 7.33. The number of carbonyl (C=O) groups excluding carboxylic acids is 1. The van der Waals surface area contributed by atoms with Crippen molar-refractivity contribution >= 4 is 21.6 Å². The largest absolute Gasteiger partial charge is 0.334 e. The standard InChI is InChI=1S/C24H27N5O3S/c30-24(27-17-19-4-3-11-26-16-19)28-21-7-9-22(10-8-21)33(31,32)23-6-2-1-5-20(23)18-29-14-12-25-13-15-29/h1-11,16,25H,12-15,17-18H2,(H2,27,28,30). The molecule has 0 atom stereocenters. The Balaban J connectivity index is 1.43. The Labute approximate surface area is 194 Å². The van der Waals surface area contributed by atoms with E-state index < -0.39 is 9.84 Å². The molecule has 33 heavy (non-hydrogen) atoms. The van der Waals surface area contributed by atoms with E-state index in [1.165, 1.54) is 12.1 Å². The van der Waals surface area contributed by atoms with Gasteiger partial charge in [0.1, 0.15) is 0 Å². The lowest BCUT2D eigenvalue weighted by molar-refractivity contribution is 0.231. The lowest BCUT2D eigenvalue weighted by atomic mass is 10.2. The molecule has 1 aliphatic heterocycles. The molecule has 0 saturated carbocycles. The summed E-state index contributed by atoms with van der Waals surface area (Å²) in [4.78, 5) is 18.9. The van der Waals surface area contributed by atoms with Crippen LogP contribution in [0, 0.1) is 0 Å². The van der Waals surface area contributed by atoms with Crippen molar-refractivity contribution in [3.63, 3.8) is 0 Å². The Kier molecular flexibility index (Phi) is 7.33. The number of piperazine rings is 1. The maximum absolute atomic E-state index is 13.4. The van der Waals surface area contributed by atoms with Crippen LogP contribution in [0.1, 0.15) is 11.1 Å². The van der Waals surface area contributed by atoms with E-state index in [0.29, 0.717) is 23.7 Å². The van der Waals surface area contributed by atoms with Crippen LogP contribution in [-0.2, 0) is 22.9 Å². The van der Waals surface area contributed by atoms with Gasteiger partial charge in [0, 0.05) is 57.3 Å². The highest BCUT2D eigenvalue weighted by molar-refractivity contribution is 7.91. The van der Waals surface area contributed by atoms with Crippen molar-refractivity contribution in [1.29, 1.82) is 0 Å². The molecule has 1 fully saturated rings. The monoisotopic (exact) mass is 465 g/mol. The number of sulfone groups is 1. The van der Waals surface area contributed by atoms with Crippen molar-refractivity contribution in [3.05, 3.63) is 84.2 Å². The second kappa shape index (κ2) is 10.6. The van der Waals surface area contributed by atoms with Crippen molar-refractivity contribution < 1.29 is 13.2 Å². The van der Waals surface area contributed by atoms with Gasteiger partial charge in [0.05, 0.1) is 9.79 Å². The van der Waals surface area contributed by atoms with Crippen molar-refractivity contribution in [2.45, 2.75) is 22.9 Å². The molecule has 0 spiro atoms. The molecule has 1 aromatic heterocycles. The minimum absolute atomic E-state index is 0.191. The molecular formula is C24H27N5O3S. The zero-order valence-electron chi connectivity index (χ0n) is 18.2. The second-order valence-electron chi connectivity index (χ2n) is 7.83. The molecule has 1 saturated heterocycles. The van der Waals surface area contributed by atoms with Gasteiger partial charge in [-0.2, -0.15) is 0 Å². The molecule has 0 bridgehead atoms. The van der Waals surface area contributed by atoms with Gasteiger partial charge in [-0.05, 0) is 47.5 Å². The topological polar surface area (TPSA) is 103 Å². The third kappa shape index (κ3) is 5.95. The number of nitrogens with zero attached hydrogens (tertiary/aromatic N) is 2. The molecule has 2 aromatic carbocycles. The molecule has 1 aliphatic rings. The van der Waals surface area contributed by atoms with Crippen molar-refractivity contribution in [3.8, 4) is 0 Å². The second-order valence-corrected chi connectivity index (χ2v) is 9.75. The maximum Gasteiger partial charge on any atom is 0.319 e. The molecule has 0 radical (unpaired) electrons. The molecule has 9 heteroatoms. The molecule has 2 heterocycles. The lowest BCUT2D eigenvalue weighted by Gasteiger charge is -2.27.